The van der Waals surface area contributed by atoms with Gasteiger partial charge in [0.15, 0.2) is 5.96 Å². The minimum Gasteiger partial charge on any atom is -0.491 e. The van der Waals surface area contributed by atoms with Crippen molar-refractivity contribution in [2.45, 2.75) is 45.0 Å². The highest BCUT2D eigenvalue weighted by molar-refractivity contribution is 14.0. The summed E-state index contributed by atoms with van der Waals surface area (Å²) in [5, 5.41) is 16.6. The molecule has 0 bridgehead atoms. The second-order valence-corrected chi connectivity index (χ2v) is 7.01. The Labute approximate surface area is 193 Å². The van der Waals surface area contributed by atoms with E-state index >= 15 is 0 Å². The SMILES string of the molecule is CCNC(=NCC(O)COc1ccc(C(F)(F)F)cc1)NCC1CCCN1CC.I. The van der Waals surface area contributed by atoms with Crippen molar-refractivity contribution in [2.24, 2.45) is 4.99 Å². The van der Waals surface area contributed by atoms with E-state index in [9.17, 15) is 18.3 Å². The van der Waals surface area contributed by atoms with Crippen LogP contribution in [0.25, 0.3) is 0 Å². The molecule has 10 heteroatoms. The Balaban J connectivity index is 0.00000450. The molecule has 1 fully saturated rings. The normalized spacial score (nSPS) is 18.6. The first-order chi connectivity index (χ1) is 13.8. The number of hydrogen-bond acceptors (Lipinski definition) is 4. The van der Waals surface area contributed by atoms with Gasteiger partial charge in [-0.05, 0) is 57.1 Å². The molecule has 1 aliphatic rings. The molecule has 0 spiro atoms. The lowest BCUT2D eigenvalue weighted by Crippen LogP contribution is -2.45. The van der Waals surface area contributed by atoms with Crippen molar-refractivity contribution in [1.82, 2.24) is 15.5 Å². The molecule has 2 atom stereocenters. The fourth-order valence-electron chi connectivity index (χ4n) is 3.28. The van der Waals surface area contributed by atoms with Crippen LogP contribution < -0.4 is 15.4 Å². The zero-order valence-electron chi connectivity index (χ0n) is 17.4. The highest BCUT2D eigenvalue weighted by atomic mass is 127. The number of nitrogens with zero attached hydrogens (tertiary/aromatic N) is 2. The molecule has 0 saturated carbocycles. The summed E-state index contributed by atoms with van der Waals surface area (Å²) in [6.07, 6.45) is -2.89. The van der Waals surface area contributed by atoms with E-state index in [4.69, 9.17) is 4.74 Å². The molecule has 2 unspecified atom stereocenters. The number of aliphatic imine (C=N–C) groups is 1. The number of benzene rings is 1. The summed E-state index contributed by atoms with van der Waals surface area (Å²) in [4.78, 5) is 6.81. The maximum absolute atomic E-state index is 12.6. The minimum absolute atomic E-state index is 0. The van der Waals surface area contributed by atoms with E-state index in [-0.39, 0.29) is 42.9 Å². The quantitative estimate of drug-likeness (QED) is 0.254. The van der Waals surface area contributed by atoms with Crippen LogP contribution in [0.15, 0.2) is 29.3 Å². The first kappa shape index (κ1) is 26.8. The smallest absolute Gasteiger partial charge is 0.416 e. The predicted octanol–water partition coefficient (Wildman–Crippen LogP) is 3.10. The van der Waals surface area contributed by atoms with Gasteiger partial charge in [-0.1, -0.05) is 6.92 Å². The monoisotopic (exact) mass is 544 g/mol. The van der Waals surface area contributed by atoms with Crippen LogP contribution in [0.1, 0.15) is 32.3 Å². The van der Waals surface area contributed by atoms with E-state index in [1.54, 1.807) is 0 Å². The van der Waals surface area contributed by atoms with Crippen LogP contribution in [0, 0.1) is 0 Å². The number of alkyl halides is 3. The van der Waals surface area contributed by atoms with Crippen molar-refractivity contribution in [3.8, 4) is 5.75 Å². The van der Waals surface area contributed by atoms with Gasteiger partial charge in [-0.15, -0.1) is 24.0 Å². The van der Waals surface area contributed by atoms with Crippen molar-refractivity contribution in [2.75, 3.05) is 39.3 Å². The van der Waals surface area contributed by atoms with E-state index in [1.807, 2.05) is 6.92 Å². The van der Waals surface area contributed by atoms with Crippen molar-refractivity contribution in [1.29, 1.82) is 0 Å². The summed E-state index contributed by atoms with van der Waals surface area (Å²) in [6.45, 7) is 7.83. The van der Waals surface area contributed by atoms with E-state index in [2.05, 4.69) is 27.4 Å². The molecule has 1 saturated heterocycles. The van der Waals surface area contributed by atoms with Gasteiger partial charge in [0, 0.05) is 19.1 Å². The average Bonchev–Trinajstić information content (AvgIpc) is 3.15. The molecular formula is C20H32F3IN4O2. The molecule has 2 rings (SSSR count). The van der Waals surface area contributed by atoms with Crippen LogP contribution in [-0.4, -0.2) is 67.4 Å². The number of rotatable bonds is 9. The summed E-state index contributed by atoms with van der Waals surface area (Å²) in [5.41, 5.74) is -0.736. The fourth-order valence-corrected chi connectivity index (χ4v) is 3.28. The number of hydrogen-bond donors (Lipinski definition) is 3. The number of aliphatic hydroxyl groups excluding tert-OH is 1. The molecule has 1 aromatic carbocycles. The number of aliphatic hydroxyl groups is 1. The average molecular weight is 544 g/mol. The van der Waals surface area contributed by atoms with Gasteiger partial charge in [-0.2, -0.15) is 13.2 Å². The molecule has 172 valence electrons. The van der Waals surface area contributed by atoms with Crippen LogP contribution in [0.3, 0.4) is 0 Å². The lowest BCUT2D eigenvalue weighted by atomic mass is 10.2. The van der Waals surface area contributed by atoms with Crippen LogP contribution >= 0.6 is 24.0 Å². The first-order valence-corrected chi connectivity index (χ1v) is 10.1. The van der Waals surface area contributed by atoms with Gasteiger partial charge < -0.3 is 20.5 Å². The van der Waals surface area contributed by atoms with E-state index < -0.39 is 17.8 Å². The summed E-state index contributed by atoms with van der Waals surface area (Å²) in [7, 11) is 0. The number of likely N-dealkylation sites (N-methyl/N-ethyl adjacent to an activating group) is 1. The standard InChI is InChI=1S/C20H31F3N4O2.HI/c1-3-24-19(25-12-16-6-5-11-27(16)4-2)26-13-17(28)14-29-18-9-7-15(8-10-18)20(21,22)23;/h7-10,16-17,28H,3-6,11-14H2,1-2H3,(H2,24,25,26);1H. The molecule has 6 nitrogen and oxygen atoms in total. The van der Waals surface area contributed by atoms with Gasteiger partial charge in [0.25, 0.3) is 0 Å². The molecule has 0 amide bonds. The summed E-state index contributed by atoms with van der Waals surface area (Å²) >= 11 is 0. The molecule has 0 radical (unpaired) electrons. The highest BCUT2D eigenvalue weighted by Crippen LogP contribution is 2.30. The number of nitrogens with one attached hydrogen (secondary N) is 2. The van der Waals surface area contributed by atoms with Crippen molar-refractivity contribution < 1.29 is 23.0 Å². The summed E-state index contributed by atoms with van der Waals surface area (Å²) in [5.74, 6) is 0.899. The van der Waals surface area contributed by atoms with Crippen molar-refractivity contribution in [3.63, 3.8) is 0 Å². The maximum Gasteiger partial charge on any atom is 0.416 e. The zero-order valence-corrected chi connectivity index (χ0v) is 19.7. The van der Waals surface area contributed by atoms with Gasteiger partial charge in [0.1, 0.15) is 18.5 Å². The van der Waals surface area contributed by atoms with Crippen LogP contribution in [-0.2, 0) is 6.18 Å². The number of halogens is 4. The van der Waals surface area contributed by atoms with Gasteiger partial charge in [0.05, 0.1) is 12.1 Å². The molecular weight excluding hydrogens is 512 g/mol. The van der Waals surface area contributed by atoms with Crippen LogP contribution in [0.5, 0.6) is 5.75 Å². The Morgan fingerprint density at radius 3 is 2.57 bits per heavy atom. The molecule has 1 aliphatic heterocycles. The third-order valence-corrected chi connectivity index (χ3v) is 4.84. The Morgan fingerprint density at radius 2 is 1.97 bits per heavy atom. The lowest BCUT2D eigenvalue weighted by molar-refractivity contribution is -0.137. The van der Waals surface area contributed by atoms with Crippen LogP contribution in [0.2, 0.25) is 0 Å². The third kappa shape index (κ3) is 8.84. The second kappa shape index (κ2) is 13.2. The number of ether oxygens (including phenoxy) is 1. The van der Waals surface area contributed by atoms with Crippen LogP contribution in [0.4, 0.5) is 13.2 Å². The van der Waals surface area contributed by atoms with Crippen molar-refractivity contribution >= 4 is 29.9 Å². The molecule has 1 aromatic rings. The fraction of sp³-hybridized carbons (Fsp3) is 0.650. The van der Waals surface area contributed by atoms with Gasteiger partial charge in [0.2, 0.25) is 0 Å². The van der Waals surface area contributed by atoms with E-state index in [0.717, 1.165) is 38.2 Å². The maximum atomic E-state index is 12.6. The molecule has 0 aromatic heterocycles. The van der Waals surface area contributed by atoms with E-state index in [0.29, 0.717) is 18.5 Å². The Morgan fingerprint density at radius 1 is 1.27 bits per heavy atom. The first-order valence-electron chi connectivity index (χ1n) is 10.1. The predicted molar refractivity (Wildman–Crippen MR) is 123 cm³/mol. The topological polar surface area (TPSA) is 69.1 Å². The van der Waals surface area contributed by atoms with Gasteiger partial charge in [-0.25, -0.2) is 0 Å². The number of guanidine groups is 1. The lowest BCUT2D eigenvalue weighted by Gasteiger charge is -2.24. The molecule has 3 N–H and O–H groups in total. The minimum atomic E-state index is -4.38. The Hall–Kier alpha value is -1.27. The largest absolute Gasteiger partial charge is 0.491 e. The molecule has 0 aliphatic carbocycles. The third-order valence-electron chi connectivity index (χ3n) is 4.84. The molecule has 30 heavy (non-hydrogen) atoms. The van der Waals surface area contributed by atoms with Gasteiger partial charge in [-0.3, -0.25) is 9.89 Å². The van der Waals surface area contributed by atoms with E-state index in [1.165, 1.54) is 18.6 Å². The second-order valence-electron chi connectivity index (χ2n) is 7.01. The summed E-state index contributed by atoms with van der Waals surface area (Å²) in [6, 6.07) is 4.87. The number of likely N-dealkylation sites (tertiary alicyclic amines) is 1. The zero-order chi connectivity index (χ0) is 21.3. The summed E-state index contributed by atoms with van der Waals surface area (Å²) < 4.78 is 43.1. The van der Waals surface area contributed by atoms with Crippen molar-refractivity contribution in [3.05, 3.63) is 29.8 Å². The Kier molecular flexibility index (Phi) is 11.8. The molecule has 1 heterocycles. The van der Waals surface area contributed by atoms with Gasteiger partial charge >= 0.3 is 6.18 Å². The highest BCUT2D eigenvalue weighted by Gasteiger charge is 2.30. The Bertz CT molecular complexity index is 644.